The van der Waals surface area contributed by atoms with Gasteiger partial charge in [0.1, 0.15) is 0 Å². The fraction of sp³-hybridized carbons (Fsp3) is 0.357. The predicted octanol–water partition coefficient (Wildman–Crippen LogP) is 2.77. The van der Waals surface area contributed by atoms with E-state index in [1.54, 1.807) is 4.68 Å². The molecule has 0 bridgehead atoms. The van der Waals surface area contributed by atoms with Gasteiger partial charge in [-0.2, -0.15) is 5.10 Å². The molecule has 0 aliphatic rings. The van der Waals surface area contributed by atoms with E-state index in [9.17, 15) is 8.78 Å². The smallest absolute Gasteiger partial charge is 0.163 e. The van der Waals surface area contributed by atoms with Crippen LogP contribution >= 0.6 is 15.9 Å². The van der Waals surface area contributed by atoms with Gasteiger partial charge in [-0.25, -0.2) is 8.78 Å². The van der Waals surface area contributed by atoms with Crippen LogP contribution in [0.1, 0.15) is 29.9 Å². The molecular weight excluding hydrogens is 342 g/mol. The van der Waals surface area contributed by atoms with Crippen LogP contribution in [0, 0.1) is 11.6 Å². The minimum Gasteiger partial charge on any atom is -0.271 e. The summed E-state index contributed by atoms with van der Waals surface area (Å²) >= 11 is 3.51. The van der Waals surface area contributed by atoms with Gasteiger partial charge in [-0.1, -0.05) is 19.1 Å². The number of hydrogen-bond acceptors (Lipinski definition) is 3. The number of rotatable bonds is 5. The van der Waals surface area contributed by atoms with Gasteiger partial charge in [-0.15, -0.1) is 0 Å². The van der Waals surface area contributed by atoms with Crippen LogP contribution in [0.5, 0.6) is 0 Å². The molecule has 2 aromatic rings. The molecule has 3 N–H and O–H groups in total. The quantitative estimate of drug-likeness (QED) is 0.638. The van der Waals surface area contributed by atoms with E-state index in [-0.39, 0.29) is 5.56 Å². The number of hydrazine groups is 1. The molecule has 0 radical (unpaired) electrons. The van der Waals surface area contributed by atoms with Crippen LogP contribution in [0.4, 0.5) is 8.78 Å². The summed E-state index contributed by atoms with van der Waals surface area (Å²) in [6.45, 7) is 2.00. The van der Waals surface area contributed by atoms with Gasteiger partial charge in [0, 0.05) is 19.0 Å². The van der Waals surface area contributed by atoms with Crippen LogP contribution in [0.2, 0.25) is 0 Å². The van der Waals surface area contributed by atoms with Crippen LogP contribution in [-0.4, -0.2) is 9.78 Å². The maximum absolute atomic E-state index is 13.9. The van der Waals surface area contributed by atoms with Crippen molar-refractivity contribution < 1.29 is 8.78 Å². The minimum atomic E-state index is -0.883. The normalized spacial score (nSPS) is 12.7. The Balaban J connectivity index is 2.36. The highest BCUT2D eigenvalue weighted by atomic mass is 79.9. The predicted molar refractivity (Wildman–Crippen MR) is 80.4 cm³/mol. The molecule has 0 aliphatic heterocycles. The summed E-state index contributed by atoms with van der Waals surface area (Å²) in [5, 5.41) is 4.38. The maximum atomic E-state index is 13.9. The fourth-order valence-electron chi connectivity index (χ4n) is 2.28. The van der Waals surface area contributed by atoms with Gasteiger partial charge in [-0.05, 0) is 28.4 Å². The summed E-state index contributed by atoms with van der Waals surface area (Å²) < 4.78 is 29.9. The number of nitrogens with zero attached hydrogens (tertiary/aromatic N) is 2. The van der Waals surface area contributed by atoms with Crippen LogP contribution in [0.15, 0.2) is 22.7 Å². The number of aryl methyl sites for hydroxylation is 2. The van der Waals surface area contributed by atoms with Gasteiger partial charge in [0.2, 0.25) is 0 Å². The van der Waals surface area contributed by atoms with Crippen molar-refractivity contribution in [1.29, 1.82) is 0 Å². The molecular formula is C14H17BrF2N4. The van der Waals surface area contributed by atoms with Gasteiger partial charge in [0.25, 0.3) is 0 Å². The third-order valence-electron chi connectivity index (χ3n) is 3.46. The van der Waals surface area contributed by atoms with E-state index in [2.05, 4.69) is 26.5 Å². The molecule has 1 atom stereocenters. The summed E-state index contributed by atoms with van der Waals surface area (Å²) in [4.78, 5) is 0. The Kier molecular flexibility index (Phi) is 5.08. The van der Waals surface area contributed by atoms with E-state index in [0.29, 0.717) is 6.42 Å². The first-order chi connectivity index (χ1) is 9.99. The lowest BCUT2D eigenvalue weighted by Crippen LogP contribution is -2.31. The van der Waals surface area contributed by atoms with E-state index in [4.69, 9.17) is 5.84 Å². The first-order valence-electron chi connectivity index (χ1n) is 6.59. The largest absolute Gasteiger partial charge is 0.271 e. The Morgan fingerprint density at radius 1 is 1.43 bits per heavy atom. The molecule has 0 spiro atoms. The number of nitrogens with two attached hydrogens (primary N) is 1. The van der Waals surface area contributed by atoms with Gasteiger partial charge >= 0.3 is 0 Å². The van der Waals surface area contributed by atoms with Crippen molar-refractivity contribution in [3.63, 3.8) is 0 Å². The second kappa shape index (κ2) is 6.64. The van der Waals surface area contributed by atoms with Gasteiger partial charge in [0.15, 0.2) is 11.6 Å². The van der Waals surface area contributed by atoms with E-state index in [0.717, 1.165) is 28.3 Å². The van der Waals surface area contributed by atoms with Gasteiger partial charge < -0.3 is 0 Å². The molecule has 0 aliphatic carbocycles. The second-order valence-electron chi connectivity index (χ2n) is 4.75. The van der Waals surface area contributed by atoms with Crippen LogP contribution in [0.25, 0.3) is 0 Å². The van der Waals surface area contributed by atoms with Crippen LogP contribution in [-0.2, 0) is 19.9 Å². The third-order valence-corrected chi connectivity index (χ3v) is 4.37. The molecule has 21 heavy (non-hydrogen) atoms. The second-order valence-corrected chi connectivity index (χ2v) is 5.54. The van der Waals surface area contributed by atoms with Crippen molar-refractivity contribution in [3.05, 3.63) is 51.3 Å². The van der Waals surface area contributed by atoms with Crippen molar-refractivity contribution >= 4 is 15.9 Å². The highest BCUT2D eigenvalue weighted by Crippen LogP contribution is 2.28. The SMILES string of the molecule is CCc1nn(C)c(CC(NN)c2cccc(F)c2F)c1Br. The molecule has 0 amide bonds. The van der Waals surface area contributed by atoms with E-state index < -0.39 is 17.7 Å². The number of hydrogen-bond donors (Lipinski definition) is 2. The number of benzene rings is 1. The summed E-state index contributed by atoms with van der Waals surface area (Å²) in [7, 11) is 1.81. The first kappa shape index (κ1) is 16.1. The average molecular weight is 359 g/mol. The molecule has 114 valence electrons. The summed E-state index contributed by atoms with van der Waals surface area (Å²) in [5.41, 5.74) is 4.54. The zero-order valence-electron chi connectivity index (χ0n) is 11.8. The lowest BCUT2D eigenvalue weighted by Gasteiger charge is -2.17. The van der Waals surface area contributed by atoms with Crippen molar-refractivity contribution in [2.45, 2.75) is 25.8 Å². The minimum absolute atomic E-state index is 0.198. The van der Waals surface area contributed by atoms with Crippen molar-refractivity contribution in [2.75, 3.05) is 0 Å². The highest BCUT2D eigenvalue weighted by Gasteiger charge is 2.21. The van der Waals surface area contributed by atoms with Crippen molar-refractivity contribution in [2.24, 2.45) is 12.9 Å². The fourth-order valence-corrected chi connectivity index (χ4v) is 3.06. The van der Waals surface area contributed by atoms with Crippen LogP contribution < -0.4 is 11.3 Å². The van der Waals surface area contributed by atoms with Crippen LogP contribution in [0.3, 0.4) is 0 Å². The molecule has 4 nitrogen and oxygen atoms in total. The Morgan fingerprint density at radius 3 is 2.71 bits per heavy atom. The van der Waals surface area contributed by atoms with Crippen molar-refractivity contribution in [1.82, 2.24) is 15.2 Å². The molecule has 0 fully saturated rings. The molecule has 7 heteroatoms. The van der Waals surface area contributed by atoms with Crippen molar-refractivity contribution in [3.8, 4) is 0 Å². The lowest BCUT2D eigenvalue weighted by atomic mass is 10.0. The number of halogens is 3. The Bertz CT molecular complexity index is 642. The zero-order chi connectivity index (χ0) is 15.6. The highest BCUT2D eigenvalue weighted by molar-refractivity contribution is 9.10. The van der Waals surface area contributed by atoms with Gasteiger partial charge in [-0.3, -0.25) is 16.0 Å². The summed E-state index contributed by atoms with van der Waals surface area (Å²) in [5.74, 6) is 3.76. The summed E-state index contributed by atoms with van der Waals surface area (Å²) in [6.07, 6.45) is 1.17. The average Bonchev–Trinajstić information content (AvgIpc) is 2.74. The molecule has 1 unspecified atom stereocenters. The molecule has 2 rings (SSSR count). The van der Waals surface area contributed by atoms with Gasteiger partial charge in [0.05, 0.1) is 21.9 Å². The number of nitrogens with one attached hydrogen (secondary N) is 1. The molecule has 1 heterocycles. The standard InChI is InChI=1S/C14H17BrF2N4/c1-3-10-13(15)12(21(2)20-10)7-11(19-18)8-5-4-6-9(16)14(8)17/h4-6,11,19H,3,7,18H2,1-2H3. The zero-order valence-corrected chi connectivity index (χ0v) is 13.4. The van der Waals surface area contributed by atoms with E-state index in [1.807, 2.05) is 14.0 Å². The topological polar surface area (TPSA) is 55.9 Å². The first-order valence-corrected chi connectivity index (χ1v) is 7.39. The van der Waals surface area contributed by atoms with E-state index >= 15 is 0 Å². The molecule has 0 saturated carbocycles. The monoisotopic (exact) mass is 358 g/mol. The van der Waals surface area contributed by atoms with E-state index in [1.165, 1.54) is 12.1 Å². The maximum Gasteiger partial charge on any atom is 0.163 e. The Labute approximate surface area is 130 Å². The Morgan fingerprint density at radius 2 is 2.14 bits per heavy atom. The molecule has 0 saturated heterocycles. The third kappa shape index (κ3) is 3.14. The Hall–Kier alpha value is -1.31. The molecule has 1 aromatic carbocycles. The number of aromatic nitrogens is 2. The molecule has 1 aromatic heterocycles. The summed E-state index contributed by atoms with van der Waals surface area (Å²) in [6, 6.07) is 3.53. The lowest BCUT2D eigenvalue weighted by molar-refractivity contribution is 0.459.